The lowest BCUT2D eigenvalue weighted by atomic mass is 10.1. The molecule has 0 bridgehead atoms. The molecule has 6 heteroatoms. The van der Waals surface area contributed by atoms with Crippen molar-refractivity contribution in [3.63, 3.8) is 0 Å². The van der Waals surface area contributed by atoms with Crippen LogP contribution in [0.5, 0.6) is 0 Å². The highest BCUT2D eigenvalue weighted by Gasteiger charge is 2.14. The van der Waals surface area contributed by atoms with E-state index in [9.17, 15) is 13.2 Å². The molecule has 0 aliphatic heterocycles. The topological polar surface area (TPSA) is 75.3 Å². The minimum Gasteiger partial charge on any atom is -0.322 e. The van der Waals surface area contributed by atoms with E-state index in [4.69, 9.17) is 0 Å². The Hall–Kier alpha value is -3.12. The first-order valence-corrected chi connectivity index (χ1v) is 9.89. The molecule has 1 amide bonds. The van der Waals surface area contributed by atoms with Crippen molar-refractivity contribution in [3.8, 4) is 0 Å². The van der Waals surface area contributed by atoms with E-state index in [-0.39, 0.29) is 10.8 Å². The molecule has 0 saturated heterocycles. The number of hydrogen-bond donors (Lipinski definition) is 2. The summed E-state index contributed by atoms with van der Waals surface area (Å²) in [6.45, 7) is 3.88. The van der Waals surface area contributed by atoms with Crippen LogP contribution in [0.1, 0.15) is 21.5 Å². The van der Waals surface area contributed by atoms with E-state index < -0.39 is 10.0 Å². The number of benzene rings is 3. The molecular weight excluding hydrogens is 360 g/mol. The highest BCUT2D eigenvalue weighted by atomic mass is 32.2. The third-order valence-corrected chi connectivity index (χ3v) is 5.44. The standard InChI is InChI=1S/C21H20N2O3S/c1-15-3-7-17(8-4-15)21(24)22-18-11-13-20(14-12-18)27(25,26)23-19-9-5-16(2)6-10-19/h3-14,23H,1-2H3,(H,22,24). The van der Waals surface area contributed by atoms with Gasteiger partial charge in [-0.1, -0.05) is 35.4 Å². The maximum absolute atomic E-state index is 12.5. The summed E-state index contributed by atoms with van der Waals surface area (Å²) in [6.07, 6.45) is 0. The second-order valence-corrected chi connectivity index (χ2v) is 8.00. The Balaban J connectivity index is 1.71. The maximum atomic E-state index is 12.5. The molecule has 0 radical (unpaired) electrons. The van der Waals surface area contributed by atoms with Gasteiger partial charge in [-0.3, -0.25) is 9.52 Å². The lowest BCUT2D eigenvalue weighted by Gasteiger charge is -2.10. The fraction of sp³-hybridized carbons (Fsp3) is 0.0952. The van der Waals surface area contributed by atoms with Gasteiger partial charge >= 0.3 is 0 Å². The number of rotatable bonds is 5. The third kappa shape index (κ3) is 4.74. The van der Waals surface area contributed by atoms with Gasteiger partial charge in [0, 0.05) is 16.9 Å². The van der Waals surface area contributed by atoms with E-state index in [2.05, 4.69) is 10.0 Å². The Morgan fingerprint density at radius 2 is 1.19 bits per heavy atom. The van der Waals surface area contributed by atoms with E-state index in [0.717, 1.165) is 11.1 Å². The van der Waals surface area contributed by atoms with Crippen LogP contribution in [0.2, 0.25) is 0 Å². The molecule has 3 rings (SSSR count). The smallest absolute Gasteiger partial charge is 0.261 e. The van der Waals surface area contributed by atoms with Crippen LogP contribution < -0.4 is 10.0 Å². The van der Waals surface area contributed by atoms with Gasteiger partial charge in [-0.25, -0.2) is 8.42 Å². The summed E-state index contributed by atoms with van der Waals surface area (Å²) in [7, 11) is -3.69. The predicted molar refractivity (Wildman–Crippen MR) is 108 cm³/mol. The molecule has 0 saturated carbocycles. The number of nitrogens with one attached hydrogen (secondary N) is 2. The number of hydrogen-bond acceptors (Lipinski definition) is 3. The van der Waals surface area contributed by atoms with Crippen LogP contribution in [0, 0.1) is 13.8 Å². The molecule has 0 spiro atoms. The van der Waals surface area contributed by atoms with Gasteiger partial charge in [-0.2, -0.15) is 0 Å². The van der Waals surface area contributed by atoms with Crippen molar-refractivity contribution in [3.05, 3.63) is 89.5 Å². The summed E-state index contributed by atoms with van der Waals surface area (Å²) in [5.74, 6) is -0.247. The first-order valence-electron chi connectivity index (χ1n) is 8.41. The Morgan fingerprint density at radius 3 is 1.74 bits per heavy atom. The fourth-order valence-corrected chi connectivity index (χ4v) is 3.52. The van der Waals surface area contributed by atoms with Gasteiger partial charge in [0.15, 0.2) is 0 Å². The molecule has 0 atom stereocenters. The molecule has 3 aromatic rings. The van der Waals surface area contributed by atoms with Crippen LogP contribution in [0.25, 0.3) is 0 Å². The Bertz CT molecular complexity index is 1040. The zero-order valence-corrected chi connectivity index (χ0v) is 15.9. The Kier molecular flexibility index (Phi) is 5.28. The average molecular weight is 380 g/mol. The molecule has 2 N–H and O–H groups in total. The summed E-state index contributed by atoms with van der Waals surface area (Å²) >= 11 is 0. The molecule has 0 unspecified atom stereocenters. The largest absolute Gasteiger partial charge is 0.322 e. The second kappa shape index (κ2) is 7.63. The van der Waals surface area contributed by atoms with Crippen LogP contribution in [-0.2, 0) is 10.0 Å². The number of carbonyl (C=O) groups excluding carboxylic acids is 1. The van der Waals surface area contributed by atoms with Gasteiger partial charge in [0.2, 0.25) is 0 Å². The molecule has 5 nitrogen and oxygen atoms in total. The summed E-state index contributed by atoms with van der Waals surface area (Å²) in [6, 6.07) is 20.4. The zero-order valence-electron chi connectivity index (χ0n) is 15.1. The Morgan fingerprint density at radius 1 is 0.704 bits per heavy atom. The van der Waals surface area contributed by atoms with Gasteiger partial charge in [-0.15, -0.1) is 0 Å². The van der Waals surface area contributed by atoms with Gasteiger partial charge in [0.05, 0.1) is 4.90 Å². The summed E-state index contributed by atoms with van der Waals surface area (Å²) in [4.78, 5) is 12.4. The highest BCUT2D eigenvalue weighted by molar-refractivity contribution is 7.92. The molecule has 138 valence electrons. The van der Waals surface area contributed by atoms with E-state index >= 15 is 0 Å². The van der Waals surface area contributed by atoms with E-state index in [1.165, 1.54) is 12.1 Å². The molecule has 0 fully saturated rings. The van der Waals surface area contributed by atoms with E-state index in [0.29, 0.717) is 16.9 Å². The van der Waals surface area contributed by atoms with Crippen molar-refractivity contribution in [2.24, 2.45) is 0 Å². The number of amides is 1. The molecule has 0 aromatic heterocycles. The summed E-state index contributed by atoms with van der Waals surface area (Å²) in [5.41, 5.74) is 3.68. The lowest BCUT2D eigenvalue weighted by molar-refractivity contribution is 0.102. The molecule has 0 aliphatic carbocycles. The quantitative estimate of drug-likeness (QED) is 0.691. The van der Waals surface area contributed by atoms with Gasteiger partial charge in [0.25, 0.3) is 15.9 Å². The first-order chi connectivity index (χ1) is 12.8. The molecule has 0 heterocycles. The molecule has 0 aliphatic rings. The molecule has 3 aromatic carbocycles. The van der Waals surface area contributed by atoms with Crippen molar-refractivity contribution in [2.45, 2.75) is 18.7 Å². The number of carbonyl (C=O) groups is 1. The van der Waals surface area contributed by atoms with Crippen LogP contribution in [0.4, 0.5) is 11.4 Å². The SMILES string of the molecule is Cc1ccc(NS(=O)(=O)c2ccc(NC(=O)c3ccc(C)cc3)cc2)cc1. The predicted octanol–water partition coefficient (Wildman–Crippen LogP) is 4.36. The number of sulfonamides is 1. The molecule has 27 heavy (non-hydrogen) atoms. The number of anilines is 2. The van der Waals surface area contributed by atoms with Crippen LogP contribution in [-0.4, -0.2) is 14.3 Å². The van der Waals surface area contributed by atoms with Crippen molar-refractivity contribution in [1.82, 2.24) is 0 Å². The Labute approximate surface area is 159 Å². The summed E-state index contributed by atoms with van der Waals surface area (Å²) in [5, 5.41) is 2.76. The van der Waals surface area contributed by atoms with Crippen LogP contribution >= 0.6 is 0 Å². The van der Waals surface area contributed by atoms with Crippen molar-refractivity contribution < 1.29 is 13.2 Å². The van der Waals surface area contributed by atoms with Gasteiger partial charge in [0.1, 0.15) is 0 Å². The number of aryl methyl sites for hydroxylation is 2. The molecular formula is C21H20N2O3S. The van der Waals surface area contributed by atoms with Gasteiger partial charge < -0.3 is 5.32 Å². The van der Waals surface area contributed by atoms with Gasteiger partial charge in [-0.05, 0) is 62.4 Å². The van der Waals surface area contributed by atoms with Crippen molar-refractivity contribution in [2.75, 3.05) is 10.0 Å². The lowest BCUT2D eigenvalue weighted by Crippen LogP contribution is -2.14. The van der Waals surface area contributed by atoms with E-state index in [1.54, 1.807) is 36.4 Å². The highest BCUT2D eigenvalue weighted by Crippen LogP contribution is 2.19. The fourth-order valence-electron chi connectivity index (χ4n) is 2.46. The monoisotopic (exact) mass is 380 g/mol. The normalized spacial score (nSPS) is 11.0. The van der Waals surface area contributed by atoms with Crippen LogP contribution in [0.3, 0.4) is 0 Å². The summed E-state index contributed by atoms with van der Waals surface area (Å²) < 4.78 is 27.5. The van der Waals surface area contributed by atoms with Crippen molar-refractivity contribution in [1.29, 1.82) is 0 Å². The van der Waals surface area contributed by atoms with Crippen molar-refractivity contribution >= 4 is 27.3 Å². The minimum atomic E-state index is -3.69. The average Bonchev–Trinajstić information content (AvgIpc) is 2.64. The maximum Gasteiger partial charge on any atom is 0.261 e. The second-order valence-electron chi connectivity index (χ2n) is 6.32. The van der Waals surface area contributed by atoms with Crippen LogP contribution in [0.15, 0.2) is 77.7 Å². The first kappa shape index (κ1) is 18.7. The zero-order chi connectivity index (χ0) is 19.4. The minimum absolute atomic E-state index is 0.122. The third-order valence-electron chi connectivity index (χ3n) is 4.04. The van der Waals surface area contributed by atoms with E-state index in [1.807, 2.05) is 38.1 Å².